The van der Waals surface area contributed by atoms with E-state index in [1.54, 1.807) is 17.0 Å². The van der Waals surface area contributed by atoms with Gasteiger partial charge in [0.05, 0.1) is 0 Å². The molecule has 5 nitrogen and oxygen atoms in total. The van der Waals surface area contributed by atoms with Crippen molar-refractivity contribution in [3.05, 3.63) is 28.8 Å². The third-order valence-electron chi connectivity index (χ3n) is 4.18. The average Bonchev–Trinajstić information content (AvgIpc) is 2.89. The van der Waals surface area contributed by atoms with Gasteiger partial charge in [-0.25, -0.2) is 0 Å². The van der Waals surface area contributed by atoms with E-state index in [1.165, 1.54) is 0 Å². The lowest BCUT2D eigenvalue weighted by atomic mass is 9.96. The number of fused-ring (bicyclic) bond motifs is 1. The monoisotopic (exact) mass is 308 g/mol. The zero-order valence-corrected chi connectivity index (χ0v) is 12.3. The molecule has 2 amide bonds. The van der Waals surface area contributed by atoms with E-state index in [1.807, 2.05) is 6.07 Å². The van der Waals surface area contributed by atoms with Gasteiger partial charge in [0.25, 0.3) is 5.91 Å². The van der Waals surface area contributed by atoms with Crippen molar-refractivity contribution in [2.75, 3.05) is 13.1 Å². The van der Waals surface area contributed by atoms with Crippen LogP contribution in [-0.4, -0.2) is 35.9 Å². The zero-order valence-electron chi connectivity index (χ0n) is 11.5. The maximum absolute atomic E-state index is 12.5. The highest BCUT2D eigenvalue weighted by Crippen LogP contribution is 2.32. The second-order valence-electron chi connectivity index (χ2n) is 5.56. The molecule has 1 unspecified atom stereocenters. The van der Waals surface area contributed by atoms with Gasteiger partial charge < -0.3 is 15.4 Å². The van der Waals surface area contributed by atoms with E-state index in [-0.39, 0.29) is 17.7 Å². The fourth-order valence-electron chi connectivity index (χ4n) is 2.94. The highest BCUT2D eigenvalue weighted by atomic mass is 35.5. The van der Waals surface area contributed by atoms with Gasteiger partial charge in [-0.05, 0) is 36.6 Å². The van der Waals surface area contributed by atoms with Crippen LogP contribution in [0.1, 0.15) is 18.4 Å². The molecule has 1 aromatic carbocycles. The van der Waals surface area contributed by atoms with Crippen molar-refractivity contribution in [2.45, 2.75) is 25.4 Å². The van der Waals surface area contributed by atoms with Gasteiger partial charge in [0.1, 0.15) is 5.75 Å². The molecule has 0 aliphatic carbocycles. The van der Waals surface area contributed by atoms with Crippen molar-refractivity contribution in [2.24, 2.45) is 11.7 Å². The van der Waals surface area contributed by atoms with E-state index in [0.717, 1.165) is 11.3 Å². The predicted octanol–water partition coefficient (Wildman–Crippen LogP) is 1.37. The normalized spacial score (nSPS) is 21.8. The van der Waals surface area contributed by atoms with E-state index in [2.05, 4.69) is 0 Å². The molecule has 1 fully saturated rings. The first kappa shape index (κ1) is 14.2. The number of ether oxygens (including phenoxy) is 1. The molecular weight excluding hydrogens is 292 g/mol. The molecule has 2 aliphatic heterocycles. The van der Waals surface area contributed by atoms with Gasteiger partial charge in [-0.3, -0.25) is 9.59 Å². The summed E-state index contributed by atoms with van der Waals surface area (Å²) in [5, 5.41) is 0.646. The van der Waals surface area contributed by atoms with E-state index < -0.39 is 6.10 Å². The van der Waals surface area contributed by atoms with Crippen molar-refractivity contribution in [3.8, 4) is 5.75 Å². The molecule has 2 heterocycles. The molecule has 112 valence electrons. The van der Waals surface area contributed by atoms with Crippen molar-refractivity contribution < 1.29 is 14.3 Å². The quantitative estimate of drug-likeness (QED) is 0.897. The third-order valence-corrected chi connectivity index (χ3v) is 4.42. The van der Waals surface area contributed by atoms with Crippen molar-refractivity contribution in [3.63, 3.8) is 0 Å². The van der Waals surface area contributed by atoms with Gasteiger partial charge in [0.15, 0.2) is 6.10 Å². The van der Waals surface area contributed by atoms with E-state index in [4.69, 9.17) is 22.1 Å². The summed E-state index contributed by atoms with van der Waals surface area (Å²) in [4.78, 5) is 25.4. The number of nitrogens with zero attached hydrogens (tertiary/aromatic N) is 1. The molecule has 2 N–H and O–H groups in total. The number of nitrogens with two attached hydrogens (primary N) is 1. The Morgan fingerprint density at radius 2 is 2.00 bits per heavy atom. The first-order valence-electron chi connectivity index (χ1n) is 7.08. The topological polar surface area (TPSA) is 72.6 Å². The number of rotatable bonds is 2. The predicted molar refractivity (Wildman–Crippen MR) is 78.1 cm³/mol. The van der Waals surface area contributed by atoms with Crippen LogP contribution in [0.3, 0.4) is 0 Å². The number of benzene rings is 1. The Kier molecular flexibility index (Phi) is 3.76. The van der Waals surface area contributed by atoms with Crippen LogP contribution in [0.15, 0.2) is 18.2 Å². The van der Waals surface area contributed by atoms with Crippen LogP contribution in [0.2, 0.25) is 5.02 Å². The summed E-state index contributed by atoms with van der Waals surface area (Å²) in [6, 6.07) is 5.39. The van der Waals surface area contributed by atoms with E-state index >= 15 is 0 Å². The SMILES string of the molecule is NC(=O)C1CCN(C(=O)C2Cc3cc(Cl)ccc3O2)CC1. The molecule has 21 heavy (non-hydrogen) atoms. The third kappa shape index (κ3) is 2.83. The number of hydrogen-bond acceptors (Lipinski definition) is 3. The summed E-state index contributed by atoms with van der Waals surface area (Å²) in [6.45, 7) is 1.12. The number of amides is 2. The maximum Gasteiger partial charge on any atom is 0.263 e. The fraction of sp³-hybridized carbons (Fsp3) is 0.467. The van der Waals surface area contributed by atoms with Crippen LogP contribution in [-0.2, 0) is 16.0 Å². The number of carbonyl (C=O) groups is 2. The molecular formula is C15H17ClN2O3. The lowest BCUT2D eigenvalue weighted by Crippen LogP contribution is -2.47. The van der Waals surface area contributed by atoms with Crippen molar-refractivity contribution in [1.82, 2.24) is 4.90 Å². The minimum absolute atomic E-state index is 0.0229. The van der Waals surface area contributed by atoms with Crippen molar-refractivity contribution in [1.29, 1.82) is 0 Å². The average molecular weight is 309 g/mol. The maximum atomic E-state index is 12.5. The minimum atomic E-state index is -0.483. The van der Waals surface area contributed by atoms with Crippen molar-refractivity contribution >= 4 is 23.4 Å². The molecule has 0 bridgehead atoms. The van der Waals surface area contributed by atoms with Gasteiger partial charge >= 0.3 is 0 Å². The summed E-state index contributed by atoms with van der Waals surface area (Å²) in [7, 11) is 0. The number of piperidine rings is 1. The molecule has 6 heteroatoms. The number of primary amides is 1. The Morgan fingerprint density at radius 3 is 2.67 bits per heavy atom. The Balaban J connectivity index is 1.62. The number of hydrogen-bond donors (Lipinski definition) is 1. The van der Waals surface area contributed by atoms with Crippen LogP contribution in [0.4, 0.5) is 0 Å². The molecule has 0 aromatic heterocycles. The highest BCUT2D eigenvalue weighted by Gasteiger charge is 2.34. The van der Waals surface area contributed by atoms with Gasteiger partial charge in [0.2, 0.25) is 5.91 Å². The minimum Gasteiger partial charge on any atom is -0.480 e. The first-order valence-corrected chi connectivity index (χ1v) is 7.45. The van der Waals surface area contributed by atoms with Crippen LogP contribution in [0, 0.1) is 5.92 Å². The summed E-state index contributed by atoms with van der Waals surface area (Å²) in [5.74, 6) is 0.311. The molecule has 0 saturated carbocycles. The summed E-state index contributed by atoms with van der Waals surface area (Å²) < 4.78 is 5.71. The zero-order chi connectivity index (χ0) is 15.0. The van der Waals surface area contributed by atoms with Crippen LogP contribution in [0.25, 0.3) is 0 Å². The van der Waals surface area contributed by atoms with E-state index in [0.29, 0.717) is 37.4 Å². The molecule has 0 radical (unpaired) electrons. The number of likely N-dealkylation sites (tertiary alicyclic amines) is 1. The largest absolute Gasteiger partial charge is 0.480 e. The lowest BCUT2D eigenvalue weighted by molar-refractivity contribution is -0.140. The Hall–Kier alpha value is -1.75. The number of halogens is 1. The molecule has 1 aromatic rings. The number of carbonyl (C=O) groups excluding carboxylic acids is 2. The summed E-state index contributed by atoms with van der Waals surface area (Å²) in [5.41, 5.74) is 6.27. The standard InChI is InChI=1S/C15H17ClN2O3/c16-11-1-2-12-10(7-11)8-13(21-12)15(20)18-5-3-9(4-6-18)14(17)19/h1-2,7,9,13H,3-6,8H2,(H2,17,19). The highest BCUT2D eigenvalue weighted by molar-refractivity contribution is 6.30. The molecule has 3 rings (SSSR count). The molecule has 1 atom stereocenters. The van der Waals surface area contributed by atoms with Gasteiger partial charge in [-0.2, -0.15) is 0 Å². The fourth-order valence-corrected chi connectivity index (χ4v) is 3.14. The van der Waals surface area contributed by atoms with E-state index in [9.17, 15) is 9.59 Å². The molecule has 1 saturated heterocycles. The van der Waals surface area contributed by atoms with Crippen LogP contribution in [0.5, 0.6) is 5.75 Å². The Morgan fingerprint density at radius 1 is 1.29 bits per heavy atom. The Labute approximate surface area is 128 Å². The van der Waals surface area contributed by atoms with Gasteiger partial charge in [-0.1, -0.05) is 11.6 Å². The smallest absolute Gasteiger partial charge is 0.263 e. The van der Waals surface area contributed by atoms with Crippen LogP contribution >= 0.6 is 11.6 Å². The van der Waals surface area contributed by atoms with Gasteiger partial charge in [-0.15, -0.1) is 0 Å². The second kappa shape index (κ2) is 5.56. The summed E-state index contributed by atoms with van der Waals surface area (Å²) >= 11 is 5.95. The second-order valence-corrected chi connectivity index (χ2v) is 6.00. The summed E-state index contributed by atoms with van der Waals surface area (Å²) in [6.07, 6.45) is 1.33. The Bertz CT molecular complexity index is 582. The molecule has 2 aliphatic rings. The first-order chi connectivity index (χ1) is 10.0. The molecule has 0 spiro atoms. The van der Waals surface area contributed by atoms with Gasteiger partial charge in [0, 0.05) is 30.5 Å². The van der Waals surface area contributed by atoms with Crippen LogP contribution < -0.4 is 10.5 Å². The lowest BCUT2D eigenvalue weighted by Gasteiger charge is -2.32.